The summed E-state index contributed by atoms with van der Waals surface area (Å²) in [5.74, 6) is 1.39. The van der Waals surface area contributed by atoms with Crippen molar-refractivity contribution in [3.05, 3.63) is 0 Å². The van der Waals surface area contributed by atoms with Gasteiger partial charge in [0, 0.05) is 13.3 Å². The molecule has 0 aromatic heterocycles. The molecule has 0 radical (unpaired) electrons. The molecule has 11 heavy (non-hydrogen) atoms. The van der Waals surface area contributed by atoms with Crippen LogP contribution in [0.15, 0.2) is 0 Å². The molecule has 2 nitrogen and oxygen atoms in total. The van der Waals surface area contributed by atoms with Gasteiger partial charge in [-0.2, -0.15) is 0 Å². The van der Waals surface area contributed by atoms with Crippen LogP contribution in [0, 0.1) is 0 Å². The average molecular weight is 157 g/mol. The third-order valence-electron chi connectivity index (χ3n) is 2.09. The number of hydrogen-bond acceptors (Lipinski definition) is 1. The van der Waals surface area contributed by atoms with Crippen molar-refractivity contribution in [1.82, 2.24) is 4.90 Å². The van der Waals surface area contributed by atoms with Crippen LogP contribution in [0.4, 0.5) is 0 Å². The zero-order valence-corrected chi connectivity index (χ0v) is 8.52. The summed E-state index contributed by atoms with van der Waals surface area (Å²) >= 11 is 0. The standard InChI is InChI=1S/C7H15N2.C2H6/c1-7-8(2)5-4-6-9(7)3;1-2/h4-6H2,1-3H3;1-2H3/q+1;. The van der Waals surface area contributed by atoms with E-state index in [1.165, 1.54) is 25.3 Å². The second-order valence-corrected chi connectivity index (χ2v) is 2.74. The first-order valence-electron chi connectivity index (χ1n) is 4.47. The average Bonchev–Trinajstić information content (AvgIpc) is 2.04. The molecule has 0 spiro atoms. The molecule has 0 fully saturated rings. The van der Waals surface area contributed by atoms with E-state index in [1.807, 2.05) is 13.8 Å². The summed E-state index contributed by atoms with van der Waals surface area (Å²) in [5.41, 5.74) is 0. The molecule has 1 aliphatic heterocycles. The Morgan fingerprint density at radius 1 is 1.36 bits per heavy atom. The highest BCUT2D eigenvalue weighted by molar-refractivity contribution is 5.74. The van der Waals surface area contributed by atoms with E-state index in [1.54, 1.807) is 0 Å². The lowest BCUT2D eigenvalue weighted by Gasteiger charge is -2.19. The quantitative estimate of drug-likeness (QED) is 0.482. The molecule has 0 bridgehead atoms. The van der Waals surface area contributed by atoms with Gasteiger partial charge in [0.15, 0.2) is 0 Å². The van der Waals surface area contributed by atoms with E-state index in [0.29, 0.717) is 0 Å². The van der Waals surface area contributed by atoms with Gasteiger partial charge in [0.25, 0.3) is 0 Å². The van der Waals surface area contributed by atoms with Crippen molar-refractivity contribution < 1.29 is 4.58 Å². The van der Waals surface area contributed by atoms with Gasteiger partial charge in [0.05, 0.1) is 27.2 Å². The summed E-state index contributed by atoms with van der Waals surface area (Å²) in [5, 5.41) is 0. The van der Waals surface area contributed by atoms with Crippen LogP contribution in [0.1, 0.15) is 27.2 Å². The molecule has 0 aromatic rings. The Labute approximate surface area is 70.5 Å². The Balaban J connectivity index is 0.000000461. The Hall–Kier alpha value is -0.530. The first kappa shape index (κ1) is 10.5. The third kappa shape index (κ3) is 2.91. The summed E-state index contributed by atoms with van der Waals surface area (Å²) in [6, 6.07) is 0. The lowest BCUT2D eigenvalue weighted by molar-refractivity contribution is -0.508. The van der Waals surface area contributed by atoms with E-state index < -0.39 is 0 Å². The molecule has 1 heterocycles. The minimum atomic E-state index is 1.22. The summed E-state index contributed by atoms with van der Waals surface area (Å²) < 4.78 is 2.30. The Morgan fingerprint density at radius 3 is 2.27 bits per heavy atom. The highest BCUT2D eigenvalue weighted by Crippen LogP contribution is 1.96. The third-order valence-corrected chi connectivity index (χ3v) is 2.09. The van der Waals surface area contributed by atoms with E-state index >= 15 is 0 Å². The maximum absolute atomic E-state index is 2.30. The van der Waals surface area contributed by atoms with Crippen LogP contribution in [0.3, 0.4) is 0 Å². The lowest BCUT2D eigenvalue weighted by Crippen LogP contribution is -2.38. The molecule has 0 unspecified atom stereocenters. The second kappa shape index (κ2) is 5.16. The predicted molar refractivity (Wildman–Crippen MR) is 50.3 cm³/mol. The molecule has 0 aromatic carbocycles. The van der Waals surface area contributed by atoms with Crippen molar-refractivity contribution in [3.8, 4) is 0 Å². The molecule has 0 N–H and O–H groups in total. The predicted octanol–water partition coefficient (Wildman–Crippen LogP) is 1.41. The van der Waals surface area contributed by atoms with Gasteiger partial charge in [-0.1, -0.05) is 13.8 Å². The molecule has 0 amide bonds. The van der Waals surface area contributed by atoms with Gasteiger partial charge in [0.2, 0.25) is 5.84 Å². The largest absolute Gasteiger partial charge is 0.269 e. The highest BCUT2D eigenvalue weighted by atomic mass is 15.2. The summed E-state index contributed by atoms with van der Waals surface area (Å²) in [6.45, 7) is 8.60. The Kier molecular flexibility index (Phi) is 4.92. The SMILES string of the molecule is CC.CC1=[N+](C)CCCN1C. The van der Waals surface area contributed by atoms with Crippen LogP contribution in [0.5, 0.6) is 0 Å². The number of hydrogen-bond donors (Lipinski definition) is 0. The van der Waals surface area contributed by atoms with Crippen LogP contribution in [0.2, 0.25) is 0 Å². The molecular formula is C9H21N2+. The minimum absolute atomic E-state index is 1.22. The fourth-order valence-electron chi connectivity index (χ4n) is 1.16. The van der Waals surface area contributed by atoms with E-state index in [4.69, 9.17) is 0 Å². The van der Waals surface area contributed by atoms with Crippen LogP contribution in [-0.4, -0.2) is 42.5 Å². The van der Waals surface area contributed by atoms with E-state index in [-0.39, 0.29) is 0 Å². The second-order valence-electron chi connectivity index (χ2n) is 2.74. The fourth-order valence-corrected chi connectivity index (χ4v) is 1.16. The number of rotatable bonds is 0. The zero-order chi connectivity index (χ0) is 8.85. The van der Waals surface area contributed by atoms with Gasteiger partial charge >= 0.3 is 0 Å². The van der Waals surface area contributed by atoms with Gasteiger partial charge in [0.1, 0.15) is 0 Å². The Bertz CT molecular complexity index is 138. The topological polar surface area (TPSA) is 6.25 Å². The molecule has 0 aliphatic carbocycles. The molecule has 0 saturated carbocycles. The highest BCUT2D eigenvalue weighted by Gasteiger charge is 2.15. The molecular weight excluding hydrogens is 136 g/mol. The molecule has 1 rings (SSSR count). The molecule has 1 aliphatic rings. The maximum Gasteiger partial charge on any atom is 0.243 e. The molecule has 66 valence electrons. The van der Waals surface area contributed by atoms with Crippen molar-refractivity contribution in [2.75, 3.05) is 27.2 Å². The molecule has 2 heteroatoms. The first-order valence-corrected chi connectivity index (χ1v) is 4.47. The van der Waals surface area contributed by atoms with E-state index in [2.05, 4.69) is 30.5 Å². The first-order chi connectivity index (χ1) is 5.22. The van der Waals surface area contributed by atoms with E-state index in [9.17, 15) is 0 Å². The van der Waals surface area contributed by atoms with Gasteiger partial charge in [-0.3, -0.25) is 9.48 Å². The number of amidine groups is 1. The van der Waals surface area contributed by atoms with Gasteiger partial charge in [-0.15, -0.1) is 0 Å². The van der Waals surface area contributed by atoms with Crippen molar-refractivity contribution >= 4 is 5.84 Å². The van der Waals surface area contributed by atoms with Gasteiger partial charge < -0.3 is 0 Å². The normalized spacial score (nSPS) is 17.7. The van der Waals surface area contributed by atoms with Crippen molar-refractivity contribution in [1.29, 1.82) is 0 Å². The van der Waals surface area contributed by atoms with Crippen molar-refractivity contribution in [2.24, 2.45) is 0 Å². The van der Waals surface area contributed by atoms with Crippen LogP contribution >= 0.6 is 0 Å². The summed E-state index contributed by atoms with van der Waals surface area (Å²) in [4.78, 5) is 2.30. The van der Waals surface area contributed by atoms with Crippen LogP contribution in [-0.2, 0) is 0 Å². The molecule has 0 saturated heterocycles. The summed E-state index contributed by atoms with van der Waals surface area (Å²) in [7, 11) is 4.29. The lowest BCUT2D eigenvalue weighted by atomic mass is 10.3. The van der Waals surface area contributed by atoms with Crippen LogP contribution in [0.25, 0.3) is 0 Å². The van der Waals surface area contributed by atoms with Gasteiger partial charge in [-0.05, 0) is 0 Å². The monoisotopic (exact) mass is 157 g/mol. The number of nitrogens with zero attached hydrogens (tertiary/aromatic N) is 2. The van der Waals surface area contributed by atoms with Crippen molar-refractivity contribution in [2.45, 2.75) is 27.2 Å². The summed E-state index contributed by atoms with van der Waals surface area (Å²) in [6.07, 6.45) is 1.30. The van der Waals surface area contributed by atoms with Crippen molar-refractivity contribution in [3.63, 3.8) is 0 Å². The van der Waals surface area contributed by atoms with Gasteiger partial charge in [-0.25, -0.2) is 0 Å². The zero-order valence-electron chi connectivity index (χ0n) is 8.52. The van der Waals surface area contributed by atoms with E-state index in [0.717, 1.165) is 0 Å². The maximum atomic E-state index is 2.30. The Morgan fingerprint density at radius 2 is 1.91 bits per heavy atom. The fraction of sp³-hybridized carbons (Fsp3) is 0.889. The smallest absolute Gasteiger partial charge is 0.243 e. The minimum Gasteiger partial charge on any atom is -0.269 e. The van der Waals surface area contributed by atoms with Crippen LogP contribution < -0.4 is 0 Å². The molecule has 0 atom stereocenters.